The molecule has 2 atom stereocenters. The van der Waals surface area contributed by atoms with Gasteiger partial charge in [0.25, 0.3) is 0 Å². The maximum Gasteiger partial charge on any atom is 0.338 e. The number of piperidine rings is 1. The number of ether oxygens (including phenoxy) is 2. The minimum absolute atomic E-state index is 0.200. The minimum Gasteiger partial charge on any atom is -0.466 e. The zero-order valence-electron chi connectivity index (χ0n) is 20.3. The van der Waals surface area contributed by atoms with Gasteiger partial charge in [-0.2, -0.15) is 0 Å². The molecule has 0 aromatic heterocycles. The van der Waals surface area contributed by atoms with Crippen LogP contribution in [0.4, 0.5) is 4.79 Å². The molecule has 2 aliphatic heterocycles. The number of nitrogens with zero attached hydrogens (tertiary/aromatic N) is 2. The smallest absolute Gasteiger partial charge is 0.338 e. The first kappa shape index (κ1) is 25.5. The second-order valence-electron chi connectivity index (χ2n) is 8.60. The third-order valence-corrected chi connectivity index (χ3v) is 6.15. The van der Waals surface area contributed by atoms with E-state index in [2.05, 4.69) is 16.8 Å². The summed E-state index contributed by atoms with van der Waals surface area (Å²) in [6.45, 7) is 11.8. The second kappa shape index (κ2) is 11.8. The first-order valence-electron chi connectivity index (χ1n) is 11.9. The zero-order valence-corrected chi connectivity index (χ0v) is 20.3. The van der Waals surface area contributed by atoms with Gasteiger partial charge in [0.15, 0.2) is 0 Å². The van der Waals surface area contributed by atoms with Crippen molar-refractivity contribution >= 4 is 18.0 Å². The van der Waals surface area contributed by atoms with Crippen LogP contribution in [0, 0.1) is 12.8 Å². The van der Waals surface area contributed by atoms with Crippen LogP contribution in [0.3, 0.4) is 0 Å². The number of likely N-dealkylation sites (tertiary alicyclic amines) is 1. The Balaban J connectivity index is 2.02. The molecule has 2 heterocycles. The number of hydrogen-bond donors (Lipinski definition) is 1. The first-order chi connectivity index (χ1) is 16.4. The predicted molar refractivity (Wildman–Crippen MR) is 129 cm³/mol. The van der Waals surface area contributed by atoms with Crippen LogP contribution < -0.4 is 5.32 Å². The number of benzene rings is 1. The molecule has 3 rings (SSSR count). The lowest BCUT2D eigenvalue weighted by Crippen LogP contribution is -2.52. The van der Waals surface area contributed by atoms with Gasteiger partial charge in [-0.3, -0.25) is 14.6 Å². The Labute approximate surface area is 201 Å². The molecule has 0 aliphatic carbocycles. The fraction of sp³-hybridized carbons (Fsp3) is 0.500. The van der Waals surface area contributed by atoms with Gasteiger partial charge >= 0.3 is 18.0 Å². The standard InChI is InChI=1S/C26H35N3O5/c1-5-14-29-21(17-28-15-8-9-20(16-28)24(30)33-6-2)22(25(31)34-7-3)23(27-26(29)32)19-12-10-18(4)11-13-19/h5,10-13,20,23H,1,6-9,14-17H2,2-4H3,(H,27,32)/t20-,23-/m0/s1. The summed E-state index contributed by atoms with van der Waals surface area (Å²) < 4.78 is 10.7. The van der Waals surface area contributed by atoms with Gasteiger partial charge in [-0.05, 0) is 45.7 Å². The molecule has 1 saturated heterocycles. The number of amides is 2. The molecular weight excluding hydrogens is 434 g/mol. The van der Waals surface area contributed by atoms with Crippen LogP contribution in [0.2, 0.25) is 0 Å². The summed E-state index contributed by atoms with van der Waals surface area (Å²) in [5.41, 5.74) is 2.88. The van der Waals surface area contributed by atoms with E-state index in [0.29, 0.717) is 31.0 Å². The number of carbonyl (C=O) groups is 3. The molecule has 0 saturated carbocycles. The Morgan fingerprint density at radius 3 is 2.53 bits per heavy atom. The molecule has 184 valence electrons. The highest BCUT2D eigenvalue weighted by atomic mass is 16.5. The summed E-state index contributed by atoms with van der Waals surface area (Å²) in [6.07, 6.45) is 3.23. The largest absolute Gasteiger partial charge is 0.466 e. The normalized spacial score (nSPS) is 21.1. The van der Waals surface area contributed by atoms with E-state index in [0.717, 1.165) is 30.5 Å². The molecule has 2 amide bonds. The van der Waals surface area contributed by atoms with E-state index < -0.39 is 12.0 Å². The number of esters is 2. The van der Waals surface area contributed by atoms with Crippen molar-refractivity contribution < 1.29 is 23.9 Å². The molecular formula is C26H35N3O5. The van der Waals surface area contributed by atoms with E-state index in [4.69, 9.17) is 9.47 Å². The third kappa shape index (κ3) is 5.86. The van der Waals surface area contributed by atoms with Crippen molar-refractivity contribution in [3.05, 3.63) is 59.3 Å². The van der Waals surface area contributed by atoms with E-state index in [9.17, 15) is 14.4 Å². The van der Waals surface area contributed by atoms with Crippen LogP contribution in [0.25, 0.3) is 0 Å². The van der Waals surface area contributed by atoms with E-state index in [-0.39, 0.29) is 31.1 Å². The maximum atomic E-state index is 13.2. The van der Waals surface area contributed by atoms with Gasteiger partial charge in [0.05, 0.1) is 30.7 Å². The van der Waals surface area contributed by atoms with E-state index in [1.54, 1.807) is 19.9 Å². The summed E-state index contributed by atoms with van der Waals surface area (Å²) in [6, 6.07) is 6.81. The average Bonchev–Trinajstić information content (AvgIpc) is 2.82. The fourth-order valence-corrected chi connectivity index (χ4v) is 4.52. The Bertz CT molecular complexity index is 940. The molecule has 2 aliphatic rings. The van der Waals surface area contributed by atoms with Gasteiger partial charge < -0.3 is 14.8 Å². The van der Waals surface area contributed by atoms with Crippen LogP contribution in [-0.4, -0.2) is 67.2 Å². The molecule has 1 N–H and O–H groups in total. The molecule has 0 bridgehead atoms. The van der Waals surface area contributed by atoms with Gasteiger partial charge in [0.2, 0.25) is 0 Å². The molecule has 0 spiro atoms. The lowest BCUT2D eigenvalue weighted by atomic mass is 9.92. The van der Waals surface area contributed by atoms with Crippen LogP contribution in [0.1, 0.15) is 43.9 Å². The summed E-state index contributed by atoms with van der Waals surface area (Å²) in [5.74, 6) is -0.886. The molecule has 8 nitrogen and oxygen atoms in total. The number of aryl methyl sites for hydroxylation is 1. The summed E-state index contributed by atoms with van der Waals surface area (Å²) >= 11 is 0. The molecule has 0 radical (unpaired) electrons. The highest BCUT2D eigenvalue weighted by molar-refractivity contribution is 5.95. The topological polar surface area (TPSA) is 88.2 Å². The summed E-state index contributed by atoms with van der Waals surface area (Å²) in [5, 5.41) is 2.98. The zero-order chi connectivity index (χ0) is 24.7. The lowest BCUT2D eigenvalue weighted by molar-refractivity contribution is -0.150. The van der Waals surface area contributed by atoms with Crippen molar-refractivity contribution in [1.82, 2.24) is 15.1 Å². The number of urea groups is 1. The van der Waals surface area contributed by atoms with Gasteiger partial charge in [-0.15, -0.1) is 6.58 Å². The van der Waals surface area contributed by atoms with Crippen molar-refractivity contribution in [2.45, 2.75) is 39.7 Å². The molecule has 34 heavy (non-hydrogen) atoms. The van der Waals surface area contributed by atoms with Crippen molar-refractivity contribution in [1.29, 1.82) is 0 Å². The Morgan fingerprint density at radius 1 is 1.18 bits per heavy atom. The van der Waals surface area contributed by atoms with Gasteiger partial charge in [0, 0.05) is 25.3 Å². The number of hydrogen-bond acceptors (Lipinski definition) is 6. The quantitative estimate of drug-likeness (QED) is 0.441. The van der Waals surface area contributed by atoms with Crippen LogP contribution in [-0.2, 0) is 19.1 Å². The number of carbonyl (C=O) groups excluding carboxylic acids is 3. The van der Waals surface area contributed by atoms with Crippen LogP contribution >= 0.6 is 0 Å². The van der Waals surface area contributed by atoms with Crippen molar-refractivity contribution in [3.63, 3.8) is 0 Å². The molecule has 1 fully saturated rings. The molecule has 0 unspecified atom stereocenters. The molecule has 1 aromatic carbocycles. The van der Waals surface area contributed by atoms with Crippen LogP contribution in [0.5, 0.6) is 0 Å². The first-order valence-corrected chi connectivity index (χ1v) is 11.9. The number of rotatable bonds is 9. The van der Waals surface area contributed by atoms with Gasteiger partial charge in [-0.1, -0.05) is 35.9 Å². The maximum absolute atomic E-state index is 13.2. The Hall–Kier alpha value is -3.13. The summed E-state index contributed by atoms with van der Waals surface area (Å²) in [7, 11) is 0. The second-order valence-corrected chi connectivity index (χ2v) is 8.60. The van der Waals surface area contributed by atoms with Crippen LogP contribution in [0.15, 0.2) is 48.2 Å². The van der Waals surface area contributed by atoms with Gasteiger partial charge in [0.1, 0.15) is 0 Å². The highest BCUT2D eigenvalue weighted by Crippen LogP contribution is 2.33. The Kier molecular flexibility index (Phi) is 8.87. The van der Waals surface area contributed by atoms with Crippen molar-refractivity contribution in [2.75, 3.05) is 39.4 Å². The lowest BCUT2D eigenvalue weighted by Gasteiger charge is -2.39. The predicted octanol–water partition coefficient (Wildman–Crippen LogP) is 3.34. The molecule has 8 heteroatoms. The fourth-order valence-electron chi connectivity index (χ4n) is 4.52. The number of nitrogens with one attached hydrogen (secondary N) is 1. The SMILES string of the molecule is C=CCN1C(=O)N[C@@H](c2ccc(C)cc2)C(C(=O)OCC)=C1CN1CCC[C@H](C(=O)OCC)C1. The van der Waals surface area contributed by atoms with E-state index in [1.165, 1.54) is 4.90 Å². The molecule has 1 aromatic rings. The van der Waals surface area contributed by atoms with Gasteiger partial charge in [-0.25, -0.2) is 9.59 Å². The third-order valence-electron chi connectivity index (χ3n) is 6.15. The minimum atomic E-state index is -0.631. The highest BCUT2D eigenvalue weighted by Gasteiger charge is 2.39. The summed E-state index contributed by atoms with van der Waals surface area (Å²) in [4.78, 5) is 42.4. The van der Waals surface area contributed by atoms with E-state index in [1.807, 2.05) is 31.2 Å². The van der Waals surface area contributed by atoms with Crippen molar-refractivity contribution in [3.8, 4) is 0 Å². The van der Waals surface area contributed by atoms with E-state index >= 15 is 0 Å². The average molecular weight is 470 g/mol. The van der Waals surface area contributed by atoms with Crippen molar-refractivity contribution in [2.24, 2.45) is 5.92 Å². The monoisotopic (exact) mass is 469 g/mol. The Morgan fingerprint density at radius 2 is 1.88 bits per heavy atom.